The second-order valence-electron chi connectivity index (χ2n) is 7.23. The number of methoxy groups -OCH3 is 1. The number of carbonyl (C=O) groups excluding carboxylic acids is 1. The van der Waals surface area contributed by atoms with E-state index >= 15 is 0 Å². The van der Waals surface area contributed by atoms with Crippen molar-refractivity contribution in [3.63, 3.8) is 0 Å². The first kappa shape index (κ1) is 26.4. The van der Waals surface area contributed by atoms with Gasteiger partial charge in [-0.2, -0.15) is 0 Å². The predicted octanol–water partition coefficient (Wildman–Crippen LogP) is 6.43. The molecule has 0 saturated heterocycles. The summed E-state index contributed by atoms with van der Waals surface area (Å²) in [5.41, 5.74) is 4.60. The zero-order chi connectivity index (χ0) is 24.4. The van der Waals surface area contributed by atoms with Gasteiger partial charge in [0.05, 0.1) is 27.9 Å². The summed E-state index contributed by atoms with van der Waals surface area (Å²) in [6, 6.07) is 12.4. The van der Waals surface area contributed by atoms with Crippen molar-refractivity contribution in [2.45, 2.75) is 19.9 Å². The number of benzene rings is 2. The van der Waals surface area contributed by atoms with Crippen molar-refractivity contribution in [3.8, 4) is 0 Å². The van der Waals surface area contributed by atoms with Crippen LogP contribution in [0.15, 0.2) is 72.3 Å². The molecule has 2 aromatic rings. The molecule has 33 heavy (non-hydrogen) atoms. The molecule has 1 atom stereocenters. The van der Waals surface area contributed by atoms with Gasteiger partial charge in [-0.25, -0.2) is 4.79 Å². The van der Waals surface area contributed by atoms with Crippen LogP contribution in [0.3, 0.4) is 0 Å². The van der Waals surface area contributed by atoms with Crippen molar-refractivity contribution in [2.75, 3.05) is 20.3 Å². The summed E-state index contributed by atoms with van der Waals surface area (Å²) in [6.45, 7) is 12.4. The molecule has 0 aromatic heterocycles. The number of esters is 1. The molecule has 0 bridgehead atoms. The number of ether oxygens (including phenoxy) is 2. The highest BCUT2D eigenvalue weighted by Crippen LogP contribution is 2.27. The fourth-order valence-corrected chi connectivity index (χ4v) is 3.24. The first-order valence-corrected chi connectivity index (χ1v) is 11.1. The van der Waals surface area contributed by atoms with E-state index in [2.05, 4.69) is 23.5 Å². The Hall–Kier alpha value is -2.86. The number of halogens is 2. The third kappa shape index (κ3) is 7.60. The standard InChI is InChI=1S/C26H28Cl2N2O3/c1-6-13-29-25(20-7-9-21(10-8-20)26(31)33-15-14-32-5)17(2)18(3)30-19(4)22-11-12-23(27)24(28)16-22/h6-13,16,18,30H,1,4,14-15H2,2-3,5H3/b25-17+,29-13?. The van der Waals surface area contributed by atoms with Gasteiger partial charge in [-0.15, -0.1) is 0 Å². The molecule has 174 valence electrons. The molecule has 1 unspecified atom stereocenters. The van der Waals surface area contributed by atoms with Crippen LogP contribution in [0.1, 0.15) is 35.3 Å². The third-order valence-electron chi connectivity index (χ3n) is 4.91. The number of nitrogens with zero attached hydrogens (tertiary/aromatic N) is 1. The number of hydrogen-bond donors (Lipinski definition) is 1. The van der Waals surface area contributed by atoms with E-state index in [4.69, 9.17) is 32.7 Å². The van der Waals surface area contributed by atoms with Crippen LogP contribution >= 0.6 is 23.2 Å². The lowest BCUT2D eigenvalue weighted by atomic mass is 10.0. The maximum absolute atomic E-state index is 12.1. The molecule has 0 aliphatic carbocycles. The van der Waals surface area contributed by atoms with E-state index < -0.39 is 5.97 Å². The average Bonchev–Trinajstić information content (AvgIpc) is 2.81. The Balaban J connectivity index is 2.25. The maximum atomic E-state index is 12.1. The fraction of sp³-hybridized carbons (Fsp3) is 0.231. The van der Waals surface area contributed by atoms with Gasteiger partial charge >= 0.3 is 5.97 Å². The summed E-state index contributed by atoms with van der Waals surface area (Å²) in [4.78, 5) is 16.7. The molecule has 2 rings (SSSR count). The molecular weight excluding hydrogens is 459 g/mol. The minimum atomic E-state index is -0.400. The van der Waals surface area contributed by atoms with Gasteiger partial charge in [-0.3, -0.25) is 4.99 Å². The number of allylic oxidation sites excluding steroid dienone is 1. The van der Waals surface area contributed by atoms with Crippen LogP contribution in [0.4, 0.5) is 0 Å². The van der Waals surface area contributed by atoms with Crippen molar-refractivity contribution in [3.05, 3.63) is 94.0 Å². The van der Waals surface area contributed by atoms with E-state index in [1.807, 2.05) is 32.0 Å². The highest BCUT2D eigenvalue weighted by atomic mass is 35.5. The summed E-state index contributed by atoms with van der Waals surface area (Å²) < 4.78 is 10.1. The molecule has 0 aliphatic heterocycles. The van der Waals surface area contributed by atoms with Gasteiger partial charge in [-0.1, -0.05) is 60.6 Å². The Morgan fingerprint density at radius 1 is 1.09 bits per heavy atom. The average molecular weight is 487 g/mol. The van der Waals surface area contributed by atoms with Gasteiger partial charge in [0.2, 0.25) is 0 Å². The first-order chi connectivity index (χ1) is 15.8. The van der Waals surface area contributed by atoms with Crippen LogP contribution in [0.2, 0.25) is 10.0 Å². The Kier molecular flexibility index (Phi) is 10.4. The second-order valence-corrected chi connectivity index (χ2v) is 8.04. The van der Waals surface area contributed by atoms with E-state index in [0.29, 0.717) is 27.9 Å². The van der Waals surface area contributed by atoms with Crippen molar-refractivity contribution in [1.29, 1.82) is 0 Å². The van der Waals surface area contributed by atoms with Crippen LogP contribution in [0.25, 0.3) is 11.4 Å². The topological polar surface area (TPSA) is 59.9 Å². The van der Waals surface area contributed by atoms with Gasteiger partial charge < -0.3 is 14.8 Å². The number of rotatable bonds is 11. The van der Waals surface area contributed by atoms with Crippen LogP contribution < -0.4 is 5.32 Å². The molecule has 0 aliphatic rings. The SMILES string of the molecule is C=CC=N/C(=C(\C)C(C)NC(=C)c1ccc(Cl)c(Cl)c1)c1ccc(C(=O)OCCOC)cc1. The highest BCUT2D eigenvalue weighted by molar-refractivity contribution is 6.42. The lowest BCUT2D eigenvalue weighted by Crippen LogP contribution is -2.26. The monoisotopic (exact) mass is 486 g/mol. The molecule has 0 heterocycles. The minimum absolute atomic E-state index is 0.0948. The minimum Gasteiger partial charge on any atom is -0.460 e. The van der Waals surface area contributed by atoms with Crippen LogP contribution in [0, 0.1) is 0 Å². The van der Waals surface area contributed by atoms with E-state index in [0.717, 1.165) is 22.4 Å². The summed E-state index contributed by atoms with van der Waals surface area (Å²) in [7, 11) is 1.55. The Morgan fingerprint density at radius 2 is 1.73 bits per heavy atom. The normalized spacial score (nSPS) is 12.8. The molecule has 2 aromatic carbocycles. The van der Waals surface area contributed by atoms with Crippen molar-refractivity contribution >= 4 is 46.8 Å². The Bertz CT molecular complexity index is 1060. The molecule has 7 heteroatoms. The van der Waals surface area contributed by atoms with E-state index in [1.54, 1.807) is 43.7 Å². The van der Waals surface area contributed by atoms with E-state index in [-0.39, 0.29) is 12.6 Å². The van der Waals surface area contributed by atoms with Crippen molar-refractivity contribution < 1.29 is 14.3 Å². The summed E-state index contributed by atoms with van der Waals surface area (Å²) >= 11 is 12.2. The second kappa shape index (κ2) is 13.0. The fourth-order valence-electron chi connectivity index (χ4n) is 2.94. The zero-order valence-electron chi connectivity index (χ0n) is 19.0. The summed E-state index contributed by atoms with van der Waals surface area (Å²) in [5, 5.41) is 4.34. The summed E-state index contributed by atoms with van der Waals surface area (Å²) in [6.07, 6.45) is 3.24. The number of nitrogens with one attached hydrogen (secondary N) is 1. The largest absolute Gasteiger partial charge is 0.460 e. The van der Waals surface area contributed by atoms with E-state index in [1.165, 1.54) is 0 Å². The number of hydrogen-bond acceptors (Lipinski definition) is 5. The van der Waals surface area contributed by atoms with Crippen molar-refractivity contribution in [2.24, 2.45) is 4.99 Å². The zero-order valence-corrected chi connectivity index (χ0v) is 20.5. The first-order valence-electron chi connectivity index (χ1n) is 10.3. The Labute approximate surface area is 205 Å². The molecule has 0 amide bonds. The van der Waals surface area contributed by atoms with E-state index in [9.17, 15) is 4.79 Å². The Morgan fingerprint density at radius 3 is 2.33 bits per heavy atom. The van der Waals surface area contributed by atoms with Gasteiger partial charge in [0.25, 0.3) is 0 Å². The van der Waals surface area contributed by atoms with Crippen LogP contribution in [-0.4, -0.2) is 38.5 Å². The molecule has 0 saturated carbocycles. The predicted molar refractivity (Wildman–Crippen MR) is 138 cm³/mol. The molecule has 0 spiro atoms. The van der Waals surface area contributed by atoms with Crippen LogP contribution in [-0.2, 0) is 9.47 Å². The molecule has 0 radical (unpaired) electrons. The highest BCUT2D eigenvalue weighted by Gasteiger charge is 2.14. The lowest BCUT2D eigenvalue weighted by molar-refractivity contribution is 0.0388. The molecule has 5 nitrogen and oxygen atoms in total. The van der Waals surface area contributed by atoms with Crippen LogP contribution in [0.5, 0.6) is 0 Å². The maximum Gasteiger partial charge on any atom is 0.338 e. The lowest BCUT2D eigenvalue weighted by Gasteiger charge is -2.20. The molecule has 0 fully saturated rings. The van der Waals surface area contributed by atoms with Crippen molar-refractivity contribution in [1.82, 2.24) is 5.32 Å². The number of aliphatic imine (C=N–C) groups is 1. The van der Waals surface area contributed by atoms with Gasteiger partial charge in [-0.05, 0) is 49.2 Å². The van der Waals surface area contributed by atoms with Gasteiger partial charge in [0.1, 0.15) is 6.61 Å². The number of carbonyl (C=O) groups is 1. The smallest absolute Gasteiger partial charge is 0.338 e. The quantitative estimate of drug-likeness (QED) is 0.225. The van der Waals surface area contributed by atoms with Gasteiger partial charge in [0, 0.05) is 30.6 Å². The molecule has 1 N–H and O–H groups in total. The van der Waals surface area contributed by atoms with Gasteiger partial charge in [0.15, 0.2) is 0 Å². The molecular formula is C26H28Cl2N2O3. The third-order valence-corrected chi connectivity index (χ3v) is 5.64. The summed E-state index contributed by atoms with van der Waals surface area (Å²) in [5.74, 6) is -0.400.